The van der Waals surface area contributed by atoms with Crippen molar-refractivity contribution in [2.75, 3.05) is 0 Å². The quantitative estimate of drug-likeness (QED) is 0.175. The van der Waals surface area contributed by atoms with Gasteiger partial charge in [-0.3, -0.25) is 0 Å². The molecule has 0 spiro atoms. The van der Waals surface area contributed by atoms with Gasteiger partial charge in [0.25, 0.3) is 0 Å². The van der Waals surface area contributed by atoms with Crippen molar-refractivity contribution in [1.82, 2.24) is 5.16 Å². The Balaban J connectivity index is 1.22. The lowest BCUT2D eigenvalue weighted by atomic mass is 10.0. The largest absolute Gasteiger partial charge is 0.489 e. The fraction of sp³-hybridized carbons (Fsp3) is 0.152. The topological polar surface area (TPSA) is 81.8 Å². The normalized spacial score (nSPS) is 11.0. The number of ether oxygens (including phenoxy) is 2. The van der Waals surface area contributed by atoms with Gasteiger partial charge in [-0.05, 0) is 65.2 Å². The molecule has 0 amide bonds. The summed E-state index contributed by atoms with van der Waals surface area (Å²) in [6.07, 6.45) is 0. The number of aromatic nitrogens is 1. The van der Waals surface area contributed by atoms with Gasteiger partial charge >= 0.3 is 5.97 Å². The number of carbonyl (C=O) groups is 1. The van der Waals surface area contributed by atoms with Gasteiger partial charge in [0, 0.05) is 11.5 Å². The minimum atomic E-state index is -0.950. The van der Waals surface area contributed by atoms with Crippen molar-refractivity contribution in [2.24, 2.45) is 0 Å². The Bertz CT molecular complexity index is 1640. The van der Waals surface area contributed by atoms with E-state index in [2.05, 4.69) is 5.16 Å². The smallest absolute Gasteiger partial charge is 0.335 e. The summed E-state index contributed by atoms with van der Waals surface area (Å²) in [7, 11) is 0. The molecule has 4 aromatic carbocycles. The number of carboxylic acid groups (broad SMARTS) is 1. The van der Waals surface area contributed by atoms with Gasteiger partial charge < -0.3 is 19.1 Å². The molecule has 0 saturated heterocycles. The summed E-state index contributed by atoms with van der Waals surface area (Å²) in [5, 5.41) is 14.5. The first-order chi connectivity index (χ1) is 19.8. The molecule has 41 heavy (non-hydrogen) atoms. The Kier molecular flexibility index (Phi) is 8.62. The van der Waals surface area contributed by atoms with Gasteiger partial charge in [0.15, 0.2) is 0 Å². The average molecular weight is 588 g/mol. The molecule has 6 nitrogen and oxygen atoms in total. The van der Waals surface area contributed by atoms with Crippen LogP contribution in [0.1, 0.15) is 47.0 Å². The third kappa shape index (κ3) is 6.56. The van der Waals surface area contributed by atoms with E-state index in [9.17, 15) is 9.90 Å². The zero-order chi connectivity index (χ0) is 28.9. The second-order valence-electron chi connectivity index (χ2n) is 9.76. The summed E-state index contributed by atoms with van der Waals surface area (Å²) in [6, 6.07) is 27.4. The zero-order valence-electron chi connectivity index (χ0n) is 22.4. The third-order valence-corrected chi connectivity index (χ3v) is 7.18. The van der Waals surface area contributed by atoms with Crippen LogP contribution in [0.2, 0.25) is 10.0 Å². The van der Waals surface area contributed by atoms with Gasteiger partial charge in [-0.2, -0.15) is 0 Å². The second-order valence-corrected chi connectivity index (χ2v) is 10.6. The molecular formula is C33H27Cl2NO5. The number of aromatic carboxylic acids is 1. The molecule has 5 rings (SSSR count). The fourth-order valence-electron chi connectivity index (χ4n) is 4.42. The van der Waals surface area contributed by atoms with E-state index in [0.29, 0.717) is 39.4 Å². The van der Waals surface area contributed by atoms with Gasteiger partial charge in [-0.15, -0.1) is 0 Å². The van der Waals surface area contributed by atoms with Crippen LogP contribution >= 0.6 is 23.2 Å². The van der Waals surface area contributed by atoms with Crippen LogP contribution in [0, 0.1) is 0 Å². The van der Waals surface area contributed by atoms with Gasteiger partial charge in [-0.25, -0.2) is 4.79 Å². The van der Waals surface area contributed by atoms with E-state index in [0.717, 1.165) is 28.0 Å². The third-order valence-electron chi connectivity index (χ3n) is 6.55. The van der Waals surface area contributed by atoms with Crippen molar-refractivity contribution in [3.8, 4) is 33.9 Å². The van der Waals surface area contributed by atoms with E-state index < -0.39 is 5.97 Å². The molecular weight excluding hydrogens is 561 g/mol. The first-order valence-electron chi connectivity index (χ1n) is 13.0. The van der Waals surface area contributed by atoms with Crippen LogP contribution in [0.4, 0.5) is 0 Å². The summed E-state index contributed by atoms with van der Waals surface area (Å²) in [5.74, 6) is 1.27. The number of rotatable bonds is 10. The predicted octanol–water partition coefficient (Wildman–Crippen LogP) is 9.29. The summed E-state index contributed by atoms with van der Waals surface area (Å²) in [4.78, 5) is 11.3. The van der Waals surface area contributed by atoms with E-state index in [1.165, 1.54) is 0 Å². The Morgan fingerprint density at radius 3 is 2.07 bits per heavy atom. The molecule has 0 bridgehead atoms. The second kappa shape index (κ2) is 12.5. The molecule has 1 aromatic heterocycles. The molecule has 0 aliphatic heterocycles. The lowest BCUT2D eigenvalue weighted by Gasteiger charge is -2.11. The number of carboxylic acids is 1. The molecule has 0 saturated carbocycles. The summed E-state index contributed by atoms with van der Waals surface area (Å²) in [5.41, 5.74) is 4.99. The number of halogens is 2. The average Bonchev–Trinajstić information content (AvgIpc) is 3.39. The molecule has 0 unspecified atom stereocenters. The highest BCUT2D eigenvalue weighted by Crippen LogP contribution is 2.38. The molecule has 1 heterocycles. The highest BCUT2D eigenvalue weighted by atomic mass is 35.5. The maximum absolute atomic E-state index is 11.3. The molecule has 0 aliphatic carbocycles. The maximum atomic E-state index is 11.3. The lowest BCUT2D eigenvalue weighted by Crippen LogP contribution is -2.02. The number of benzene rings is 4. The van der Waals surface area contributed by atoms with Gasteiger partial charge in [-0.1, -0.05) is 84.7 Å². The number of hydrogen-bond donors (Lipinski definition) is 1. The fourth-order valence-corrected chi connectivity index (χ4v) is 4.99. The Morgan fingerprint density at radius 1 is 0.829 bits per heavy atom. The van der Waals surface area contributed by atoms with Crippen molar-refractivity contribution >= 4 is 29.2 Å². The van der Waals surface area contributed by atoms with E-state index in [-0.39, 0.29) is 18.1 Å². The molecule has 208 valence electrons. The van der Waals surface area contributed by atoms with Crippen LogP contribution in [0.5, 0.6) is 11.5 Å². The predicted molar refractivity (Wildman–Crippen MR) is 160 cm³/mol. The van der Waals surface area contributed by atoms with Crippen LogP contribution in [0.15, 0.2) is 95.5 Å². The summed E-state index contributed by atoms with van der Waals surface area (Å²) >= 11 is 12.9. The molecule has 5 aromatic rings. The van der Waals surface area contributed by atoms with Crippen molar-refractivity contribution in [3.05, 3.63) is 123 Å². The van der Waals surface area contributed by atoms with Crippen molar-refractivity contribution in [3.63, 3.8) is 0 Å². The van der Waals surface area contributed by atoms with Crippen molar-refractivity contribution < 1.29 is 23.9 Å². The number of hydrogen-bond acceptors (Lipinski definition) is 5. The SMILES string of the molecule is CC(C)c1onc(-c2c(Cl)cccc2Cl)c1COc1ccc(COc2ccc(-c3cccc(C(=O)O)c3)cc2)cc1. The number of nitrogens with zero attached hydrogens (tertiary/aromatic N) is 1. The van der Waals surface area contributed by atoms with E-state index in [4.69, 9.17) is 37.2 Å². The van der Waals surface area contributed by atoms with Crippen LogP contribution in [0.25, 0.3) is 22.4 Å². The standard InChI is InChI=1S/C33H27Cl2NO5/c1-20(2)32-27(31(36-41-32)30-28(34)7-4-8-29(30)35)19-40-25-13-9-21(10-14-25)18-39-26-15-11-22(12-16-26)23-5-3-6-24(17-23)33(37)38/h3-17,20H,18-19H2,1-2H3,(H,37,38). The molecule has 0 radical (unpaired) electrons. The van der Waals surface area contributed by atoms with E-state index in [1.807, 2.05) is 68.4 Å². The summed E-state index contributed by atoms with van der Waals surface area (Å²) < 4.78 is 17.7. The Morgan fingerprint density at radius 2 is 1.44 bits per heavy atom. The van der Waals surface area contributed by atoms with Gasteiger partial charge in [0.1, 0.15) is 36.2 Å². The van der Waals surface area contributed by atoms with Gasteiger partial charge in [0.2, 0.25) is 0 Å². The Labute approximate surface area is 248 Å². The van der Waals surface area contributed by atoms with E-state index >= 15 is 0 Å². The lowest BCUT2D eigenvalue weighted by molar-refractivity contribution is 0.0697. The summed E-state index contributed by atoms with van der Waals surface area (Å²) in [6.45, 7) is 4.68. The molecule has 8 heteroatoms. The Hall–Kier alpha value is -4.26. The highest BCUT2D eigenvalue weighted by molar-refractivity contribution is 6.39. The van der Waals surface area contributed by atoms with Crippen molar-refractivity contribution in [1.29, 1.82) is 0 Å². The minimum Gasteiger partial charge on any atom is -0.489 e. The van der Waals surface area contributed by atoms with E-state index in [1.54, 1.807) is 36.4 Å². The van der Waals surface area contributed by atoms with Crippen LogP contribution < -0.4 is 9.47 Å². The minimum absolute atomic E-state index is 0.0969. The zero-order valence-corrected chi connectivity index (χ0v) is 23.9. The molecule has 0 atom stereocenters. The molecule has 0 aliphatic rings. The maximum Gasteiger partial charge on any atom is 0.335 e. The van der Waals surface area contributed by atoms with Crippen LogP contribution in [-0.4, -0.2) is 16.2 Å². The molecule has 0 fully saturated rings. The first-order valence-corrected chi connectivity index (χ1v) is 13.8. The van der Waals surface area contributed by atoms with Crippen LogP contribution in [0.3, 0.4) is 0 Å². The van der Waals surface area contributed by atoms with Crippen molar-refractivity contribution in [2.45, 2.75) is 33.0 Å². The molecule has 1 N–H and O–H groups in total. The first kappa shape index (κ1) is 28.3. The monoisotopic (exact) mass is 587 g/mol. The van der Waals surface area contributed by atoms with Gasteiger partial charge in [0.05, 0.1) is 21.2 Å². The van der Waals surface area contributed by atoms with Crippen LogP contribution in [-0.2, 0) is 13.2 Å². The highest BCUT2D eigenvalue weighted by Gasteiger charge is 2.23.